The second kappa shape index (κ2) is 5.28. The molecule has 0 radical (unpaired) electrons. The van der Waals surface area contributed by atoms with E-state index in [-0.39, 0.29) is 12.3 Å². The lowest BCUT2D eigenvalue weighted by Gasteiger charge is -2.17. The van der Waals surface area contributed by atoms with Gasteiger partial charge in [0, 0.05) is 23.6 Å². The van der Waals surface area contributed by atoms with Gasteiger partial charge < -0.3 is 4.90 Å². The minimum absolute atomic E-state index is 0.0758. The predicted octanol–water partition coefficient (Wildman–Crippen LogP) is 3.40. The molecule has 17 heavy (non-hydrogen) atoms. The summed E-state index contributed by atoms with van der Waals surface area (Å²) in [7, 11) is 1.84. The lowest BCUT2D eigenvalue weighted by molar-refractivity contribution is -0.129. The van der Waals surface area contributed by atoms with E-state index in [4.69, 9.17) is 23.2 Å². The summed E-state index contributed by atoms with van der Waals surface area (Å²) in [4.78, 5) is 13.8. The fraction of sp³-hybridized carbons (Fsp3) is 0.462. The maximum absolute atomic E-state index is 12.0. The second-order valence-corrected chi connectivity index (χ2v) is 5.41. The van der Waals surface area contributed by atoms with E-state index in [0.29, 0.717) is 16.0 Å². The van der Waals surface area contributed by atoms with Gasteiger partial charge in [0.15, 0.2) is 0 Å². The Balaban J connectivity index is 2.01. The van der Waals surface area contributed by atoms with Crippen LogP contribution < -0.4 is 0 Å². The molecule has 0 aliphatic heterocycles. The van der Waals surface area contributed by atoms with Gasteiger partial charge in [-0.25, -0.2) is 0 Å². The molecule has 1 aliphatic carbocycles. The highest BCUT2D eigenvalue weighted by Gasteiger charge is 2.25. The first-order valence-electron chi connectivity index (χ1n) is 5.75. The zero-order chi connectivity index (χ0) is 12.4. The van der Waals surface area contributed by atoms with E-state index in [1.54, 1.807) is 23.1 Å². The Hall–Kier alpha value is -0.730. The third-order valence-corrected chi connectivity index (χ3v) is 3.75. The summed E-state index contributed by atoms with van der Waals surface area (Å²) in [6.45, 7) is 0.848. The molecule has 1 aromatic rings. The van der Waals surface area contributed by atoms with Crippen molar-refractivity contribution in [3.05, 3.63) is 33.8 Å². The van der Waals surface area contributed by atoms with Gasteiger partial charge in [0.05, 0.1) is 6.42 Å². The molecule has 0 unspecified atom stereocenters. The molecule has 0 aromatic heterocycles. The monoisotopic (exact) mass is 271 g/mol. The molecule has 1 aliphatic rings. The average Bonchev–Trinajstić information content (AvgIpc) is 3.07. The number of hydrogen-bond donors (Lipinski definition) is 0. The summed E-state index contributed by atoms with van der Waals surface area (Å²) < 4.78 is 0. The van der Waals surface area contributed by atoms with E-state index in [9.17, 15) is 4.79 Å². The maximum atomic E-state index is 12.0. The summed E-state index contributed by atoms with van der Waals surface area (Å²) in [5, 5.41) is 1.12. The Bertz CT molecular complexity index is 409. The number of halogens is 2. The molecule has 92 valence electrons. The Kier molecular flexibility index (Phi) is 3.95. The molecule has 1 aromatic carbocycles. The number of likely N-dealkylation sites (N-methyl/N-ethyl adjacent to an activating group) is 1. The number of amides is 1. The second-order valence-electron chi connectivity index (χ2n) is 4.59. The van der Waals surface area contributed by atoms with Crippen molar-refractivity contribution in [2.24, 2.45) is 5.92 Å². The first-order chi connectivity index (χ1) is 8.08. The van der Waals surface area contributed by atoms with Crippen LogP contribution in [0, 0.1) is 5.92 Å². The van der Waals surface area contributed by atoms with Gasteiger partial charge in [0.2, 0.25) is 5.91 Å². The number of benzene rings is 1. The summed E-state index contributed by atoms with van der Waals surface area (Å²) in [5.41, 5.74) is 0.725. The van der Waals surface area contributed by atoms with Crippen molar-refractivity contribution < 1.29 is 4.79 Å². The number of carbonyl (C=O) groups is 1. The van der Waals surface area contributed by atoms with Crippen LogP contribution in [0.4, 0.5) is 0 Å². The summed E-state index contributed by atoms with van der Waals surface area (Å²) >= 11 is 12.1. The Morgan fingerprint density at radius 2 is 1.94 bits per heavy atom. The van der Waals surface area contributed by atoms with Crippen LogP contribution in [0.3, 0.4) is 0 Å². The highest BCUT2D eigenvalue weighted by molar-refractivity contribution is 6.36. The minimum Gasteiger partial charge on any atom is -0.345 e. The van der Waals surface area contributed by atoms with Crippen molar-refractivity contribution in [2.45, 2.75) is 19.3 Å². The molecule has 0 bridgehead atoms. The van der Waals surface area contributed by atoms with Crippen LogP contribution in [0.1, 0.15) is 18.4 Å². The SMILES string of the molecule is CN(CC1CC1)C(=O)Cc1c(Cl)cccc1Cl. The number of nitrogens with zero attached hydrogens (tertiary/aromatic N) is 1. The van der Waals surface area contributed by atoms with Gasteiger partial charge in [-0.3, -0.25) is 4.79 Å². The van der Waals surface area contributed by atoms with E-state index in [2.05, 4.69) is 0 Å². The Morgan fingerprint density at radius 3 is 2.47 bits per heavy atom. The number of hydrogen-bond acceptors (Lipinski definition) is 1. The predicted molar refractivity (Wildman–Crippen MR) is 70.5 cm³/mol. The van der Waals surface area contributed by atoms with Gasteiger partial charge >= 0.3 is 0 Å². The smallest absolute Gasteiger partial charge is 0.226 e. The molecule has 2 nitrogen and oxygen atoms in total. The van der Waals surface area contributed by atoms with Gasteiger partial charge in [-0.1, -0.05) is 29.3 Å². The van der Waals surface area contributed by atoms with E-state index < -0.39 is 0 Å². The van der Waals surface area contributed by atoms with E-state index >= 15 is 0 Å². The lowest BCUT2D eigenvalue weighted by Crippen LogP contribution is -2.30. The van der Waals surface area contributed by atoms with E-state index in [0.717, 1.165) is 12.1 Å². The van der Waals surface area contributed by atoms with Crippen LogP contribution in [0.5, 0.6) is 0 Å². The van der Waals surface area contributed by atoms with Gasteiger partial charge in [-0.15, -0.1) is 0 Å². The average molecular weight is 272 g/mol. The van der Waals surface area contributed by atoms with Crippen molar-refractivity contribution in [3.63, 3.8) is 0 Å². The van der Waals surface area contributed by atoms with Crippen molar-refractivity contribution >= 4 is 29.1 Å². The van der Waals surface area contributed by atoms with Crippen molar-refractivity contribution in [2.75, 3.05) is 13.6 Å². The third-order valence-electron chi connectivity index (χ3n) is 3.04. The van der Waals surface area contributed by atoms with Crippen molar-refractivity contribution in [1.82, 2.24) is 4.90 Å². The van der Waals surface area contributed by atoms with Crippen LogP contribution in [0.25, 0.3) is 0 Å². The van der Waals surface area contributed by atoms with E-state index in [1.165, 1.54) is 12.8 Å². The highest BCUT2D eigenvalue weighted by atomic mass is 35.5. The first kappa shape index (κ1) is 12.7. The summed E-state index contributed by atoms with van der Waals surface area (Å²) in [6.07, 6.45) is 2.76. The number of rotatable bonds is 4. The molecular formula is C13H15Cl2NO. The third kappa shape index (κ3) is 3.36. The molecule has 4 heteroatoms. The maximum Gasteiger partial charge on any atom is 0.226 e. The Morgan fingerprint density at radius 1 is 1.35 bits per heavy atom. The number of carbonyl (C=O) groups excluding carboxylic acids is 1. The fourth-order valence-corrected chi connectivity index (χ4v) is 2.31. The molecule has 0 heterocycles. The first-order valence-corrected chi connectivity index (χ1v) is 6.50. The quantitative estimate of drug-likeness (QED) is 0.822. The summed E-state index contributed by atoms with van der Waals surface area (Å²) in [6, 6.07) is 5.31. The normalized spacial score (nSPS) is 14.8. The van der Waals surface area contributed by atoms with Gasteiger partial charge in [-0.05, 0) is 36.5 Å². The van der Waals surface area contributed by atoms with Crippen LogP contribution in [0.15, 0.2) is 18.2 Å². The topological polar surface area (TPSA) is 20.3 Å². The largest absolute Gasteiger partial charge is 0.345 e. The van der Waals surface area contributed by atoms with Gasteiger partial charge in [-0.2, -0.15) is 0 Å². The summed E-state index contributed by atoms with van der Waals surface area (Å²) in [5.74, 6) is 0.776. The van der Waals surface area contributed by atoms with Crippen molar-refractivity contribution in [3.8, 4) is 0 Å². The van der Waals surface area contributed by atoms with E-state index in [1.807, 2.05) is 7.05 Å². The molecule has 1 amide bonds. The molecule has 0 atom stereocenters. The van der Waals surface area contributed by atoms with Crippen LogP contribution in [-0.4, -0.2) is 24.4 Å². The standard InChI is InChI=1S/C13H15Cl2NO/c1-16(8-9-5-6-9)13(17)7-10-11(14)3-2-4-12(10)15/h2-4,9H,5-8H2,1H3. The Labute approximate surface area is 112 Å². The van der Waals surface area contributed by atoms with Gasteiger partial charge in [0.25, 0.3) is 0 Å². The molecule has 0 N–H and O–H groups in total. The van der Waals surface area contributed by atoms with Crippen molar-refractivity contribution in [1.29, 1.82) is 0 Å². The highest BCUT2D eigenvalue weighted by Crippen LogP contribution is 2.30. The molecule has 0 spiro atoms. The molecular weight excluding hydrogens is 257 g/mol. The molecule has 1 fully saturated rings. The van der Waals surface area contributed by atoms with Gasteiger partial charge in [0.1, 0.15) is 0 Å². The zero-order valence-electron chi connectivity index (χ0n) is 9.75. The molecule has 2 rings (SSSR count). The van der Waals surface area contributed by atoms with Crippen LogP contribution in [0.2, 0.25) is 10.0 Å². The lowest BCUT2D eigenvalue weighted by atomic mass is 10.1. The zero-order valence-corrected chi connectivity index (χ0v) is 11.3. The molecule has 0 saturated heterocycles. The minimum atomic E-state index is 0.0758. The molecule has 1 saturated carbocycles. The fourth-order valence-electron chi connectivity index (χ4n) is 1.78. The van der Waals surface area contributed by atoms with Crippen LogP contribution >= 0.6 is 23.2 Å². The van der Waals surface area contributed by atoms with Crippen LogP contribution in [-0.2, 0) is 11.2 Å².